The molecule has 3 aliphatic rings. The smallest absolute Gasteiger partial charge is 0.312 e. The van der Waals surface area contributed by atoms with Crippen molar-refractivity contribution in [2.45, 2.75) is 84.3 Å². The van der Waals surface area contributed by atoms with E-state index in [0.717, 1.165) is 19.3 Å². The molecule has 0 spiro atoms. The van der Waals surface area contributed by atoms with E-state index in [1.165, 1.54) is 0 Å². The van der Waals surface area contributed by atoms with Gasteiger partial charge in [-0.15, -0.1) is 0 Å². The Morgan fingerprint density at radius 1 is 1.36 bits per heavy atom. The van der Waals surface area contributed by atoms with Crippen LogP contribution < -0.4 is 0 Å². The third kappa shape index (κ3) is 2.61. The molecule has 2 N–H and O–H groups in total. The van der Waals surface area contributed by atoms with Crippen LogP contribution in [0.15, 0.2) is 0 Å². The lowest BCUT2D eigenvalue weighted by molar-refractivity contribution is -0.219. The summed E-state index contributed by atoms with van der Waals surface area (Å²) in [5, 5.41) is 20.8. The number of carboxylic acids is 1. The lowest BCUT2D eigenvalue weighted by Crippen LogP contribution is -2.65. The van der Waals surface area contributed by atoms with Gasteiger partial charge in [-0.25, -0.2) is 0 Å². The Morgan fingerprint density at radius 2 is 2.04 bits per heavy atom. The summed E-state index contributed by atoms with van der Waals surface area (Å²) in [6, 6.07) is 0. The van der Waals surface area contributed by atoms with Crippen LogP contribution in [0.5, 0.6) is 0 Å². The van der Waals surface area contributed by atoms with Gasteiger partial charge in [0.05, 0.1) is 11.0 Å². The molecule has 0 bridgehead atoms. The van der Waals surface area contributed by atoms with E-state index >= 15 is 0 Å². The maximum atomic E-state index is 12.6. The van der Waals surface area contributed by atoms with Gasteiger partial charge in [-0.2, -0.15) is 0 Å². The molecular formula is C20H32O5. The van der Waals surface area contributed by atoms with Crippen LogP contribution >= 0.6 is 0 Å². The Hall–Kier alpha value is -1.10. The second-order valence-electron chi connectivity index (χ2n) is 9.41. The van der Waals surface area contributed by atoms with E-state index in [-0.39, 0.29) is 41.7 Å². The number of aliphatic carboxylic acids is 1. The van der Waals surface area contributed by atoms with Gasteiger partial charge in [-0.3, -0.25) is 9.59 Å². The first kappa shape index (κ1) is 18.7. The van der Waals surface area contributed by atoms with Gasteiger partial charge in [0.15, 0.2) is 0 Å². The van der Waals surface area contributed by atoms with Gasteiger partial charge in [-0.1, -0.05) is 27.2 Å². The number of carbonyl (C=O) groups is 2. The summed E-state index contributed by atoms with van der Waals surface area (Å²) in [5.74, 6) is -0.764. The minimum atomic E-state index is -0.878. The fraction of sp³-hybridized carbons (Fsp3) is 0.900. The zero-order valence-corrected chi connectivity index (χ0v) is 15.9. The maximum Gasteiger partial charge on any atom is 0.312 e. The highest BCUT2D eigenvalue weighted by Crippen LogP contribution is 2.67. The molecule has 25 heavy (non-hydrogen) atoms. The molecule has 5 nitrogen and oxygen atoms in total. The van der Waals surface area contributed by atoms with Crippen LogP contribution in [0, 0.1) is 28.6 Å². The number of carbonyl (C=O) groups excluding carboxylic acids is 1. The minimum Gasteiger partial charge on any atom is -0.481 e. The van der Waals surface area contributed by atoms with Crippen LogP contribution in [-0.2, 0) is 14.3 Å². The zero-order valence-electron chi connectivity index (χ0n) is 15.9. The SMILES string of the molecule is C[C@@H](CC[C@@]1(O)[C@H](C)C[C@H]2OC(=O)[C@@]3(C)CCC[C@@]1(C)[C@@H]23)CC(=O)O. The molecular weight excluding hydrogens is 320 g/mol. The third-order valence-electron chi connectivity index (χ3n) is 7.79. The van der Waals surface area contributed by atoms with E-state index in [1.807, 2.05) is 13.8 Å². The van der Waals surface area contributed by atoms with Crippen LogP contribution in [0.1, 0.15) is 72.6 Å². The third-order valence-corrected chi connectivity index (χ3v) is 7.79. The molecule has 2 saturated carbocycles. The standard InChI is InChI=1S/C20H32O5/c1-12(10-15(21)22)6-9-20(24)13(2)11-14-16-18(3,17(23)25-14)7-5-8-19(16,20)4/h12-14,16,24H,5-11H2,1-4H3,(H,21,22)/t12-,13+,14+,16-,18-,19-,20+/m0/s1. The highest BCUT2D eigenvalue weighted by Gasteiger charge is 2.70. The first-order valence-corrected chi connectivity index (χ1v) is 9.70. The molecule has 0 aromatic carbocycles. The predicted octanol–water partition coefficient (Wildman–Crippen LogP) is 3.39. The molecule has 1 heterocycles. The molecule has 1 aliphatic heterocycles. The highest BCUT2D eigenvalue weighted by molar-refractivity contribution is 5.80. The summed E-state index contributed by atoms with van der Waals surface area (Å²) < 4.78 is 5.76. The molecule has 1 saturated heterocycles. The van der Waals surface area contributed by atoms with Crippen molar-refractivity contribution in [3.05, 3.63) is 0 Å². The van der Waals surface area contributed by atoms with Crippen molar-refractivity contribution in [2.75, 3.05) is 0 Å². The molecule has 5 heteroatoms. The number of carboxylic acid groups (broad SMARTS) is 1. The molecule has 0 aromatic heterocycles. The van der Waals surface area contributed by atoms with E-state index < -0.39 is 17.0 Å². The molecule has 0 unspecified atom stereocenters. The molecule has 0 radical (unpaired) electrons. The summed E-state index contributed by atoms with van der Waals surface area (Å²) in [7, 11) is 0. The fourth-order valence-corrected chi connectivity index (χ4v) is 6.40. The number of hydrogen-bond acceptors (Lipinski definition) is 4. The number of ether oxygens (including phenoxy) is 1. The van der Waals surface area contributed by atoms with Crippen LogP contribution in [-0.4, -0.2) is 33.9 Å². The summed E-state index contributed by atoms with van der Waals surface area (Å²) >= 11 is 0. The van der Waals surface area contributed by atoms with Crippen LogP contribution in [0.4, 0.5) is 0 Å². The van der Waals surface area contributed by atoms with Crippen molar-refractivity contribution in [3.8, 4) is 0 Å². The molecule has 3 rings (SSSR count). The summed E-state index contributed by atoms with van der Waals surface area (Å²) in [6.07, 6.45) is 4.67. The molecule has 142 valence electrons. The number of aliphatic hydroxyl groups is 1. The lowest BCUT2D eigenvalue weighted by atomic mass is 9.44. The van der Waals surface area contributed by atoms with E-state index in [9.17, 15) is 14.7 Å². The summed E-state index contributed by atoms with van der Waals surface area (Å²) in [6.45, 7) is 8.15. The van der Waals surface area contributed by atoms with Gasteiger partial charge in [0, 0.05) is 17.8 Å². The van der Waals surface area contributed by atoms with E-state index in [4.69, 9.17) is 9.84 Å². The van der Waals surface area contributed by atoms with Gasteiger partial charge in [0.25, 0.3) is 0 Å². The fourth-order valence-electron chi connectivity index (χ4n) is 6.40. The Morgan fingerprint density at radius 3 is 2.68 bits per heavy atom. The first-order chi connectivity index (χ1) is 11.5. The zero-order chi connectivity index (χ0) is 18.6. The van der Waals surface area contributed by atoms with Gasteiger partial charge >= 0.3 is 11.9 Å². The predicted molar refractivity (Wildman–Crippen MR) is 92.8 cm³/mol. The lowest BCUT2D eigenvalue weighted by Gasteiger charge is -2.61. The van der Waals surface area contributed by atoms with E-state index in [1.54, 1.807) is 0 Å². The summed E-state index contributed by atoms with van der Waals surface area (Å²) in [5.41, 5.74) is -1.73. The molecule has 0 aromatic rings. The largest absolute Gasteiger partial charge is 0.481 e. The molecule has 0 amide bonds. The van der Waals surface area contributed by atoms with E-state index in [0.29, 0.717) is 19.3 Å². The average Bonchev–Trinajstić information content (AvgIpc) is 2.75. The second kappa shape index (κ2) is 5.97. The van der Waals surface area contributed by atoms with Crippen molar-refractivity contribution in [1.29, 1.82) is 0 Å². The number of esters is 1. The van der Waals surface area contributed by atoms with Gasteiger partial charge in [0.2, 0.25) is 0 Å². The van der Waals surface area contributed by atoms with Crippen molar-refractivity contribution < 1.29 is 24.5 Å². The monoisotopic (exact) mass is 352 g/mol. The van der Waals surface area contributed by atoms with Crippen molar-refractivity contribution in [1.82, 2.24) is 0 Å². The van der Waals surface area contributed by atoms with Gasteiger partial charge in [-0.05, 0) is 50.9 Å². The molecule has 3 fully saturated rings. The minimum absolute atomic E-state index is 0.0315. The van der Waals surface area contributed by atoms with Gasteiger partial charge < -0.3 is 14.9 Å². The van der Waals surface area contributed by atoms with Crippen LogP contribution in [0.3, 0.4) is 0 Å². The Balaban J connectivity index is 1.89. The number of rotatable bonds is 5. The van der Waals surface area contributed by atoms with Crippen molar-refractivity contribution in [3.63, 3.8) is 0 Å². The van der Waals surface area contributed by atoms with Crippen LogP contribution in [0.25, 0.3) is 0 Å². The number of hydrogen-bond donors (Lipinski definition) is 2. The second-order valence-corrected chi connectivity index (χ2v) is 9.41. The van der Waals surface area contributed by atoms with Crippen LogP contribution in [0.2, 0.25) is 0 Å². The Bertz CT molecular complexity index is 574. The van der Waals surface area contributed by atoms with Gasteiger partial charge in [0.1, 0.15) is 6.10 Å². The molecule has 2 aliphatic carbocycles. The maximum absolute atomic E-state index is 12.6. The average molecular weight is 352 g/mol. The van der Waals surface area contributed by atoms with Crippen molar-refractivity contribution in [2.24, 2.45) is 28.6 Å². The summed E-state index contributed by atoms with van der Waals surface area (Å²) in [4.78, 5) is 23.5. The molecule has 7 atom stereocenters. The first-order valence-electron chi connectivity index (χ1n) is 9.70. The van der Waals surface area contributed by atoms with Crippen molar-refractivity contribution >= 4 is 11.9 Å². The normalized spacial score (nSPS) is 47.1. The Kier molecular flexibility index (Phi) is 4.46. The Labute approximate surface area is 150 Å². The highest BCUT2D eigenvalue weighted by atomic mass is 16.6. The topological polar surface area (TPSA) is 83.8 Å². The van der Waals surface area contributed by atoms with E-state index in [2.05, 4.69) is 13.8 Å². The quantitative estimate of drug-likeness (QED) is 0.741.